The van der Waals surface area contributed by atoms with Gasteiger partial charge in [-0.05, 0) is 25.1 Å². The van der Waals surface area contributed by atoms with E-state index in [-0.39, 0.29) is 23.6 Å². The van der Waals surface area contributed by atoms with Crippen LogP contribution in [0.15, 0.2) is 36.5 Å². The highest BCUT2D eigenvalue weighted by Gasteiger charge is 2.18. The van der Waals surface area contributed by atoms with Crippen molar-refractivity contribution in [2.45, 2.75) is 13.5 Å². The molecule has 0 radical (unpaired) electrons. The van der Waals surface area contributed by atoms with Gasteiger partial charge in [-0.1, -0.05) is 12.1 Å². The van der Waals surface area contributed by atoms with Gasteiger partial charge in [-0.15, -0.1) is 0 Å². The molecule has 0 fully saturated rings. The molecule has 0 saturated carbocycles. The number of nitro benzene ring substituents is 1. The van der Waals surface area contributed by atoms with E-state index < -0.39 is 10.9 Å². The fraction of sp³-hybridized carbons (Fsp3) is 0.143. The van der Waals surface area contributed by atoms with E-state index in [0.29, 0.717) is 11.3 Å². The Bertz CT molecular complexity index is 682. The lowest BCUT2D eigenvalue weighted by molar-refractivity contribution is -0.386. The number of para-hydroxylation sites is 1. The van der Waals surface area contributed by atoms with Gasteiger partial charge in [-0.25, -0.2) is 4.79 Å². The molecule has 0 aliphatic heterocycles. The zero-order valence-corrected chi connectivity index (χ0v) is 11.1. The van der Waals surface area contributed by atoms with E-state index in [1.54, 1.807) is 19.1 Å². The second-order valence-corrected chi connectivity index (χ2v) is 4.31. The van der Waals surface area contributed by atoms with Gasteiger partial charge in [0.05, 0.1) is 16.2 Å². The lowest BCUT2D eigenvalue weighted by Gasteiger charge is -2.07. The highest BCUT2D eigenvalue weighted by Crippen LogP contribution is 2.30. The smallest absolute Gasteiger partial charge is 0.337 e. The third kappa shape index (κ3) is 3.33. The fourth-order valence-electron chi connectivity index (χ4n) is 1.77. The predicted molar refractivity (Wildman–Crippen MR) is 73.4 cm³/mol. The standard InChI is InChI=1S/C14H12N2O5/c1-9-3-2-4-12(13(9)16(19)20)21-8-11-6-5-10(7-15-11)14(17)18/h2-7H,8H2,1H3,(H,17,18). The number of nitrogens with zero attached hydrogens (tertiary/aromatic N) is 2. The van der Waals surface area contributed by atoms with Gasteiger partial charge in [0.2, 0.25) is 0 Å². The number of aryl methyl sites for hydroxylation is 1. The molecule has 2 rings (SSSR count). The van der Waals surface area contributed by atoms with Gasteiger partial charge in [-0.3, -0.25) is 15.1 Å². The molecule has 21 heavy (non-hydrogen) atoms. The molecule has 1 heterocycles. The molecule has 1 aromatic carbocycles. The van der Waals surface area contributed by atoms with E-state index in [0.717, 1.165) is 0 Å². The molecule has 0 unspecified atom stereocenters. The molecule has 0 spiro atoms. The number of aromatic nitrogens is 1. The topological polar surface area (TPSA) is 103 Å². The van der Waals surface area contributed by atoms with Gasteiger partial charge in [0.1, 0.15) is 6.61 Å². The number of benzene rings is 1. The quantitative estimate of drug-likeness (QED) is 0.670. The monoisotopic (exact) mass is 288 g/mol. The molecule has 1 N–H and O–H groups in total. The molecule has 0 atom stereocenters. The Morgan fingerprint density at radius 2 is 2.14 bits per heavy atom. The first-order valence-corrected chi connectivity index (χ1v) is 6.04. The van der Waals surface area contributed by atoms with Crippen molar-refractivity contribution in [3.05, 3.63) is 63.5 Å². The summed E-state index contributed by atoms with van der Waals surface area (Å²) in [4.78, 5) is 25.2. The minimum absolute atomic E-state index is 0.0180. The zero-order valence-electron chi connectivity index (χ0n) is 11.1. The zero-order chi connectivity index (χ0) is 15.4. The van der Waals surface area contributed by atoms with E-state index >= 15 is 0 Å². The van der Waals surface area contributed by atoms with Crippen molar-refractivity contribution in [1.82, 2.24) is 4.98 Å². The van der Waals surface area contributed by atoms with Gasteiger partial charge < -0.3 is 9.84 Å². The maximum atomic E-state index is 11.0. The molecule has 0 saturated heterocycles. The van der Waals surface area contributed by atoms with Crippen molar-refractivity contribution in [2.24, 2.45) is 0 Å². The molecule has 0 amide bonds. The summed E-state index contributed by atoms with van der Waals surface area (Å²) in [6, 6.07) is 7.71. The number of pyridine rings is 1. The maximum absolute atomic E-state index is 11.0. The van der Waals surface area contributed by atoms with Crippen LogP contribution in [-0.4, -0.2) is 21.0 Å². The number of aromatic carboxylic acids is 1. The SMILES string of the molecule is Cc1cccc(OCc2ccc(C(=O)O)cn2)c1[N+](=O)[O-]. The third-order valence-electron chi connectivity index (χ3n) is 2.83. The summed E-state index contributed by atoms with van der Waals surface area (Å²) in [5.74, 6) is -0.909. The van der Waals surface area contributed by atoms with Crippen molar-refractivity contribution in [2.75, 3.05) is 0 Å². The molecule has 2 aromatic rings. The Balaban J connectivity index is 2.15. The molecule has 0 aliphatic carbocycles. The number of carboxylic acid groups (broad SMARTS) is 1. The number of nitro groups is 1. The Morgan fingerprint density at radius 3 is 2.71 bits per heavy atom. The lowest BCUT2D eigenvalue weighted by atomic mass is 10.2. The summed E-state index contributed by atoms with van der Waals surface area (Å²) in [6.07, 6.45) is 1.21. The number of rotatable bonds is 5. The summed E-state index contributed by atoms with van der Waals surface area (Å²) >= 11 is 0. The first-order valence-electron chi connectivity index (χ1n) is 6.04. The first-order chi connectivity index (χ1) is 9.99. The Morgan fingerprint density at radius 1 is 1.38 bits per heavy atom. The van der Waals surface area contributed by atoms with Crippen molar-refractivity contribution in [1.29, 1.82) is 0 Å². The molecule has 1 aromatic heterocycles. The molecule has 7 heteroatoms. The molecular formula is C14H12N2O5. The minimum atomic E-state index is -1.07. The van der Waals surface area contributed by atoms with E-state index in [9.17, 15) is 14.9 Å². The van der Waals surface area contributed by atoms with Crippen LogP contribution in [0.25, 0.3) is 0 Å². The van der Waals surface area contributed by atoms with Crippen LogP contribution < -0.4 is 4.74 Å². The van der Waals surface area contributed by atoms with Crippen LogP contribution in [0.3, 0.4) is 0 Å². The van der Waals surface area contributed by atoms with Crippen molar-refractivity contribution in [3.8, 4) is 5.75 Å². The Labute approximate surface area is 120 Å². The summed E-state index contributed by atoms with van der Waals surface area (Å²) < 4.78 is 5.41. The van der Waals surface area contributed by atoms with Gasteiger partial charge in [0.15, 0.2) is 5.75 Å². The van der Waals surface area contributed by atoms with Crippen LogP contribution in [-0.2, 0) is 6.61 Å². The van der Waals surface area contributed by atoms with Crippen LogP contribution in [0, 0.1) is 17.0 Å². The second-order valence-electron chi connectivity index (χ2n) is 4.31. The Hall–Kier alpha value is -2.96. The van der Waals surface area contributed by atoms with Crippen molar-refractivity contribution >= 4 is 11.7 Å². The number of ether oxygens (including phenoxy) is 1. The normalized spacial score (nSPS) is 10.1. The van der Waals surface area contributed by atoms with Crippen LogP contribution >= 0.6 is 0 Å². The van der Waals surface area contributed by atoms with Crippen LogP contribution in [0.1, 0.15) is 21.6 Å². The summed E-state index contributed by atoms with van der Waals surface area (Å²) in [7, 11) is 0. The fourth-order valence-corrected chi connectivity index (χ4v) is 1.77. The summed E-state index contributed by atoms with van der Waals surface area (Å²) in [5.41, 5.74) is 0.974. The third-order valence-corrected chi connectivity index (χ3v) is 2.83. The molecule has 0 bridgehead atoms. The second kappa shape index (κ2) is 6.00. The van der Waals surface area contributed by atoms with Gasteiger partial charge in [0.25, 0.3) is 0 Å². The molecule has 108 valence electrons. The first kappa shape index (κ1) is 14.4. The van der Waals surface area contributed by atoms with E-state index in [1.165, 1.54) is 24.4 Å². The summed E-state index contributed by atoms with van der Waals surface area (Å²) in [5, 5.41) is 19.8. The molecular weight excluding hydrogens is 276 g/mol. The summed E-state index contributed by atoms with van der Waals surface area (Å²) in [6.45, 7) is 1.65. The van der Waals surface area contributed by atoms with E-state index in [4.69, 9.17) is 9.84 Å². The van der Waals surface area contributed by atoms with Crippen LogP contribution in [0.2, 0.25) is 0 Å². The van der Waals surface area contributed by atoms with Crippen molar-refractivity contribution in [3.63, 3.8) is 0 Å². The average Bonchev–Trinajstić information content (AvgIpc) is 2.45. The van der Waals surface area contributed by atoms with Crippen LogP contribution in [0.4, 0.5) is 5.69 Å². The van der Waals surface area contributed by atoms with Crippen molar-refractivity contribution < 1.29 is 19.6 Å². The number of carboxylic acids is 1. The van der Waals surface area contributed by atoms with E-state index in [1.807, 2.05) is 0 Å². The van der Waals surface area contributed by atoms with Gasteiger partial charge >= 0.3 is 11.7 Å². The van der Waals surface area contributed by atoms with Gasteiger partial charge in [-0.2, -0.15) is 0 Å². The minimum Gasteiger partial charge on any atom is -0.480 e. The average molecular weight is 288 g/mol. The van der Waals surface area contributed by atoms with Crippen LogP contribution in [0.5, 0.6) is 5.75 Å². The van der Waals surface area contributed by atoms with E-state index in [2.05, 4.69) is 4.98 Å². The lowest BCUT2D eigenvalue weighted by Crippen LogP contribution is -2.03. The number of carbonyl (C=O) groups is 1. The molecule has 0 aliphatic rings. The maximum Gasteiger partial charge on any atom is 0.337 e. The highest BCUT2D eigenvalue weighted by atomic mass is 16.6. The predicted octanol–water partition coefficient (Wildman–Crippen LogP) is 2.58. The largest absolute Gasteiger partial charge is 0.480 e. The van der Waals surface area contributed by atoms with Gasteiger partial charge in [0, 0.05) is 11.8 Å². The molecule has 7 nitrogen and oxygen atoms in total. The Kier molecular flexibility index (Phi) is 4.13. The number of hydrogen-bond acceptors (Lipinski definition) is 5. The highest BCUT2D eigenvalue weighted by molar-refractivity contribution is 5.87. The number of hydrogen-bond donors (Lipinski definition) is 1.